The van der Waals surface area contributed by atoms with E-state index in [0.29, 0.717) is 42.1 Å². The summed E-state index contributed by atoms with van der Waals surface area (Å²) >= 11 is 1.35. The molecular weight excluding hydrogens is 369 g/mol. The highest BCUT2D eigenvalue weighted by molar-refractivity contribution is 7.17. The van der Waals surface area contributed by atoms with E-state index in [-0.39, 0.29) is 23.8 Å². The van der Waals surface area contributed by atoms with Gasteiger partial charge in [-0.15, -0.1) is 11.3 Å². The first-order valence-electron chi connectivity index (χ1n) is 8.73. The van der Waals surface area contributed by atoms with E-state index in [4.69, 9.17) is 0 Å². The van der Waals surface area contributed by atoms with Gasteiger partial charge in [0.2, 0.25) is 5.95 Å². The molecule has 1 aromatic carbocycles. The molecule has 8 heteroatoms. The van der Waals surface area contributed by atoms with Gasteiger partial charge < -0.3 is 10.0 Å². The normalized spacial score (nSPS) is 15.4. The molecule has 6 nitrogen and oxygen atoms in total. The molecule has 3 aromatic rings. The van der Waals surface area contributed by atoms with Crippen LogP contribution in [0.15, 0.2) is 40.5 Å². The molecule has 27 heavy (non-hydrogen) atoms. The third kappa shape index (κ3) is 3.44. The maximum atomic E-state index is 13.2. The summed E-state index contributed by atoms with van der Waals surface area (Å²) in [5, 5.41) is 11.0. The quantitative estimate of drug-likeness (QED) is 0.745. The number of piperidine rings is 1. The van der Waals surface area contributed by atoms with Crippen molar-refractivity contribution in [1.82, 2.24) is 9.55 Å². The zero-order valence-electron chi connectivity index (χ0n) is 14.5. The average Bonchev–Trinajstić information content (AvgIpc) is 3.14. The van der Waals surface area contributed by atoms with E-state index in [1.165, 1.54) is 23.5 Å². The maximum absolute atomic E-state index is 13.2. The second-order valence-corrected chi connectivity index (χ2v) is 7.58. The number of rotatable bonds is 4. The van der Waals surface area contributed by atoms with Crippen LogP contribution < -0.4 is 10.5 Å². The largest absolute Gasteiger partial charge is 0.481 e. The van der Waals surface area contributed by atoms with Gasteiger partial charge in [-0.05, 0) is 42.0 Å². The fraction of sp³-hybridized carbons (Fsp3) is 0.316. The second kappa shape index (κ2) is 7.11. The first-order chi connectivity index (χ1) is 13.0. The fourth-order valence-corrected chi connectivity index (χ4v) is 4.19. The van der Waals surface area contributed by atoms with Gasteiger partial charge in [0.25, 0.3) is 5.56 Å². The molecule has 4 rings (SSSR count). The molecule has 3 heterocycles. The number of fused-ring (bicyclic) bond motifs is 1. The predicted octanol–water partition coefficient (Wildman–Crippen LogP) is 2.95. The number of anilines is 1. The minimum Gasteiger partial charge on any atom is -0.481 e. The molecule has 0 amide bonds. The van der Waals surface area contributed by atoms with Gasteiger partial charge in [-0.1, -0.05) is 12.1 Å². The van der Waals surface area contributed by atoms with Gasteiger partial charge in [-0.3, -0.25) is 14.2 Å². The van der Waals surface area contributed by atoms with Crippen LogP contribution in [0, 0.1) is 11.7 Å². The highest BCUT2D eigenvalue weighted by Crippen LogP contribution is 2.25. The summed E-state index contributed by atoms with van der Waals surface area (Å²) in [4.78, 5) is 30.9. The molecule has 1 saturated heterocycles. The van der Waals surface area contributed by atoms with Crippen LogP contribution in [0.25, 0.3) is 10.2 Å². The van der Waals surface area contributed by atoms with Crippen LogP contribution in [0.5, 0.6) is 0 Å². The van der Waals surface area contributed by atoms with Crippen molar-refractivity contribution < 1.29 is 14.3 Å². The van der Waals surface area contributed by atoms with Crippen molar-refractivity contribution in [3.8, 4) is 0 Å². The first-order valence-corrected chi connectivity index (χ1v) is 9.61. The number of carboxylic acids is 1. The summed E-state index contributed by atoms with van der Waals surface area (Å²) in [7, 11) is 0. The third-order valence-electron chi connectivity index (χ3n) is 4.93. The highest BCUT2D eigenvalue weighted by Gasteiger charge is 2.27. The number of nitrogens with zero attached hydrogens (tertiary/aromatic N) is 3. The second-order valence-electron chi connectivity index (χ2n) is 6.66. The van der Waals surface area contributed by atoms with Gasteiger partial charge in [0, 0.05) is 13.1 Å². The van der Waals surface area contributed by atoms with Crippen LogP contribution in [0.2, 0.25) is 0 Å². The van der Waals surface area contributed by atoms with Gasteiger partial charge in [-0.25, -0.2) is 9.37 Å². The lowest BCUT2D eigenvalue weighted by atomic mass is 9.97. The summed E-state index contributed by atoms with van der Waals surface area (Å²) < 4.78 is 15.4. The number of aromatic nitrogens is 2. The van der Waals surface area contributed by atoms with E-state index in [1.807, 2.05) is 16.3 Å². The topological polar surface area (TPSA) is 75.4 Å². The van der Waals surface area contributed by atoms with Crippen LogP contribution in [-0.4, -0.2) is 33.7 Å². The summed E-state index contributed by atoms with van der Waals surface area (Å²) in [6.45, 7) is 1.35. The first kappa shape index (κ1) is 17.7. The molecule has 140 valence electrons. The summed E-state index contributed by atoms with van der Waals surface area (Å²) in [5.74, 6) is -0.920. The Bertz CT molecular complexity index is 1040. The van der Waals surface area contributed by atoms with E-state index in [1.54, 1.807) is 16.7 Å². The lowest BCUT2D eigenvalue weighted by Gasteiger charge is -2.32. The SMILES string of the molecule is O=C(O)C1CCN(c2nc3ccsc3c(=O)n2Cc2ccc(F)cc2)CC1. The molecule has 0 spiro atoms. The van der Waals surface area contributed by atoms with E-state index in [0.717, 1.165) is 5.56 Å². The lowest BCUT2D eigenvalue weighted by Crippen LogP contribution is -2.40. The van der Waals surface area contributed by atoms with Crippen LogP contribution >= 0.6 is 11.3 Å². The monoisotopic (exact) mass is 387 g/mol. The number of hydrogen-bond donors (Lipinski definition) is 1. The number of benzene rings is 1. The van der Waals surface area contributed by atoms with Gasteiger partial charge in [0.05, 0.1) is 18.0 Å². The van der Waals surface area contributed by atoms with Gasteiger partial charge >= 0.3 is 5.97 Å². The molecule has 0 bridgehead atoms. The minimum atomic E-state index is -0.778. The maximum Gasteiger partial charge on any atom is 0.306 e. The van der Waals surface area contributed by atoms with Crippen LogP contribution in [0.1, 0.15) is 18.4 Å². The Morgan fingerprint density at radius 2 is 1.93 bits per heavy atom. The van der Waals surface area contributed by atoms with Crippen molar-refractivity contribution in [3.05, 3.63) is 57.4 Å². The van der Waals surface area contributed by atoms with Gasteiger partial charge in [-0.2, -0.15) is 0 Å². The van der Waals surface area contributed by atoms with Crippen LogP contribution in [-0.2, 0) is 11.3 Å². The molecule has 2 aromatic heterocycles. The minimum absolute atomic E-state index is 0.130. The van der Waals surface area contributed by atoms with Gasteiger partial charge in [0.15, 0.2) is 0 Å². The van der Waals surface area contributed by atoms with Crippen molar-refractivity contribution in [1.29, 1.82) is 0 Å². The summed E-state index contributed by atoms with van der Waals surface area (Å²) in [6, 6.07) is 7.86. The molecule has 0 aliphatic carbocycles. The molecular formula is C19H18FN3O3S. The molecule has 1 aliphatic rings. The Kier molecular flexibility index (Phi) is 4.65. The van der Waals surface area contributed by atoms with Crippen LogP contribution in [0.3, 0.4) is 0 Å². The molecule has 0 unspecified atom stereocenters. The van der Waals surface area contributed by atoms with Crippen molar-refractivity contribution in [2.24, 2.45) is 5.92 Å². The number of halogens is 1. The van der Waals surface area contributed by atoms with Crippen molar-refractivity contribution in [2.75, 3.05) is 18.0 Å². The number of carbonyl (C=O) groups is 1. The van der Waals surface area contributed by atoms with Crippen molar-refractivity contribution in [3.63, 3.8) is 0 Å². The average molecular weight is 387 g/mol. The lowest BCUT2D eigenvalue weighted by molar-refractivity contribution is -0.142. The molecule has 1 fully saturated rings. The summed E-state index contributed by atoms with van der Waals surface area (Å²) in [6.07, 6.45) is 1.03. The van der Waals surface area contributed by atoms with E-state index in [9.17, 15) is 19.1 Å². The molecule has 0 atom stereocenters. The standard InChI is InChI=1S/C19H18FN3O3S/c20-14-3-1-12(2-4-14)11-23-17(24)16-15(7-10-27-16)21-19(23)22-8-5-13(6-9-22)18(25)26/h1-4,7,10,13H,5-6,8-9,11H2,(H,25,26). The molecule has 1 aliphatic heterocycles. The fourth-order valence-electron chi connectivity index (χ4n) is 3.41. The Labute approximate surface area is 158 Å². The smallest absolute Gasteiger partial charge is 0.306 e. The molecule has 0 radical (unpaired) electrons. The number of thiophene rings is 1. The predicted molar refractivity (Wildman–Crippen MR) is 102 cm³/mol. The zero-order chi connectivity index (χ0) is 19.0. The van der Waals surface area contributed by atoms with E-state index < -0.39 is 5.97 Å². The molecule has 1 N–H and O–H groups in total. The van der Waals surface area contributed by atoms with E-state index >= 15 is 0 Å². The van der Waals surface area contributed by atoms with Crippen molar-refractivity contribution >= 4 is 33.5 Å². The van der Waals surface area contributed by atoms with Crippen LogP contribution in [0.4, 0.5) is 10.3 Å². The Balaban J connectivity index is 1.73. The Hall–Kier alpha value is -2.74. The third-order valence-corrected chi connectivity index (χ3v) is 5.82. The number of aliphatic carboxylic acids is 1. The Morgan fingerprint density at radius 3 is 2.59 bits per heavy atom. The molecule has 0 saturated carbocycles. The van der Waals surface area contributed by atoms with Gasteiger partial charge in [0.1, 0.15) is 10.5 Å². The van der Waals surface area contributed by atoms with E-state index in [2.05, 4.69) is 4.98 Å². The summed E-state index contributed by atoms with van der Waals surface area (Å²) in [5.41, 5.74) is 1.32. The highest BCUT2D eigenvalue weighted by atomic mass is 32.1. The zero-order valence-corrected chi connectivity index (χ0v) is 15.3. The number of hydrogen-bond acceptors (Lipinski definition) is 5. The Morgan fingerprint density at radius 1 is 1.22 bits per heavy atom. The number of carboxylic acid groups (broad SMARTS) is 1. The van der Waals surface area contributed by atoms with Crippen molar-refractivity contribution in [2.45, 2.75) is 19.4 Å².